The molecule has 0 unspecified atom stereocenters. The van der Waals surface area contributed by atoms with Crippen LogP contribution >= 0.6 is 11.6 Å². The number of hydrogen-bond donors (Lipinski definition) is 2. The van der Waals surface area contributed by atoms with Gasteiger partial charge in [-0.25, -0.2) is 4.79 Å². The lowest BCUT2D eigenvalue weighted by Crippen LogP contribution is -2.45. The molecule has 1 saturated heterocycles. The first kappa shape index (κ1) is 19.0. The van der Waals surface area contributed by atoms with E-state index in [0.717, 1.165) is 0 Å². The first-order valence-corrected chi connectivity index (χ1v) is 7.70. The third kappa shape index (κ3) is 4.04. The number of carbonyl (C=O) groups is 3. The van der Waals surface area contributed by atoms with E-state index in [1.165, 1.54) is 0 Å². The quantitative estimate of drug-likeness (QED) is 0.772. The summed E-state index contributed by atoms with van der Waals surface area (Å²) in [6.07, 6.45) is -4.39. The number of carbonyl (C=O) groups excluding carboxylic acids is 3. The van der Waals surface area contributed by atoms with E-state index in [2.05, 4.69) is 5.32 Å². The van der Waals surface area contributed by atoms with Crippen molar-refractivity contribution in [2.24, 2.45) is 0 Å². The number of rotatable bonds is 5. The Labute approximate surface area is 146 Å². The molecule has 1 aromatic rings. The second-order valence-electron chi connectivity index (χ2n) is 5.48. The molecule has 10 heteroatoms. The van der Waals surface area contributed by atoms with E-state index in [1.807, 2.05) is 0 Å². The molecule has 0 bridgehead atoms. The van der Waals surface area contributed by atoms with E-state index < -0.39 is 42.7 Å². The number of imide groups is 1. The van der Waals surface area contributed by atoms with Gasteiger partial charge < -0.3 is 10.6 Å². The van der Waals surface area contributed by atoms with Gasteiger partial charge in [0.1, 0.15) is 18.6 Å². The predicted molar refractivity (Wildman–Crippen MR) is 82.7 cm³/mol. The average molecular weight is 378 g/mol. The van der Waals surface area contributed by atoms with Gasteiger partial charge in [-0.3, -0.25) is 14.5 Å². The van der Waals surface area contributed by atoms with Crippen LogP contribution < -0.4 is 10.6 Å². The van der Waals surface area contributed by atoms with Gasteiger partial charge in [0.2, 0.25) is 5.91 Å². The van der Waals surface area contributed by atoms with Crippen molar-refractivity contribution in [2.45, 2.75) is 25.1 Å². The van der Waals surface area contributed by atoms with Crippen LogP contribution in [0.1, 0.15) is 18.9 Å². The molecule has 25 heavy (non-hydrogen) atoms. The van der Waals surface area contributed by atoms with E-state index in [9.17, 15) is 27.6 Å². The highest BCUT2D eigenvalue weighted by atomic mass is 35.5. The van der Waals surface area contributed by atoms with Crippen LogP contribution in [0.5, 0.6) is 0 Å². The maximum absolute atomic E-state index is 12.7. The molecule has 1 fully saturated rings. The van der Waals surface area contributed by atoms with Crippen molar-refractivity contribution in [2.75, 3.05) is 13.1 Å². The molecular weight excluding hydrogens is 363 g/mol. The Morgan fingerprint density at radius 3 is 2.40 bits per heavy atom. The van der Waals surface area contributed by atoms with Crippen molar-refractivity contribution in [1.29, 1.82) is 0 Å². The molecule has 1 aliphatic rings. The third-order valence-corrected chi connectivity index (χ3v) is 4.08. The van der Waals surface area contributed by atoms with Crippen LogP contribution in [0.15, 0.2) is 24.3 Å². The zero-order chi connectivity index (χ0) is 18.8. The molecule has 1 heterocycles. The molecule has 2 rings (SSSR count). The monoisotopic (exact) mass is 377 g/mol. The van der Waals surface area contributed by atoms with Crippen LogP contribution in [0, 0.1) is 0 Å². The van der Waals surface area contributed by atoms with Gasteiger partial charge in [0, 0.05) is 5.02 Å². The number of nitrogens with one attached hydrogen (secondary N) is 2. The summed E-state index contributed by atoms with van der Waals surface area (Å²) in [6.45, 7) is -0.665. The fourth-order valence-electron chi connectivity index (χ4n) is 2.54. The summed E-state index contributed by atoms with van der Waals surface area (Å²) in [5.41, 5.74) is -0.914. The number of urea groups is 1. The van der Waals surface area contributed by atoms with Gasteiger partial charge in [-0.2, -0.15) is 13.2 Å². The summed E-state index contributed by atoms with van der Waals surface area (Å²) in [5.74, 6) is -1.78. The molecule has 0 aromatic heterocycles. The molecule has 1 aromatic carbocycles. The first-order valence-electron chi connectivity index (χ1n) is 7.32. The van der Waals surface area contributed by atoms with Crippen molar-refractivity contribution in [3.8, 4) is 0 Å². The van der Waals surface area contributed by atoms with Gasteiger partial charge in [0.15, 0.2) is 0 Å². The Hall–Kier alpha value is -2.29. The number of nitrogens with zero attached hydrogens (tertiary/aromatic N) is 1. The van der Waals surface area contributed by atoms with Crippen LogP contribution in [0.25, 0.3) is 0 Å². The Bertz CT molecular complexity index is 694. The smallest absolute Gasteiger partial charge is 0.345 e. The maximum atomic E-state index is 12.7. The van der Waals surface area contributed by atoms with Crippen molar-refractivity contribution in [3.63, 3.8) is 0 Å². The molecule has 0 aliphatic carbocycles. The number of amides is 4. The number of alkyl halides is 3. The second-order valence-corrected chi connectivity index (χ2v) is 5.92. The number of benzene rings is 1. The largest absolute Gasteiger partial charge is 0.405 e. The van der Waals surface area contributed by atoms with Crippen molar-refractivity contribution in [3.05, 3.63) is 34.9 Å². The lowest BCUT2D eigenvalue weighted by Gasteiger charge is -2.25. The summed E-state index contributed by atoms with van der Waals surface area (Å²) in [7, 11) is 0. The number of halogens is 4. The lowest BCUT2D eigenvalue weighted by atomic mass is 9.87. The fraction of sp³-hybridized carbons (Fsp3) is 0.400. The van der Waals surface area contributed by atoms with Crippen LogP contribution in [-0.4, -0.2) is 42.0 Å². The normalized spacial score (nSPS) is 20.6. The van der Waals surface area contributed by atoms with E-state index >= 15 is 0 Å². The molecule has 2 N–H and O–H groups in total. The summed E-state index contributed by atoms with van der Waals surface area (Å²) in [5, 5.41) is 4.59. The molecule has 0 radical (unpaired) electrons. The van der Waals surface area contributed by atoms with E-state index in [0.29, 0.717) is 15.5 Å². The molecule has 6 nitrogen and oxygen atoms in total. The zero-order valence-electron chi connectivity index (χ0n) is 13.1. The summed E-state index contributed by atoms with van der Waals surface area (Å²) in [4.78, 5) is 37.0. The maximum Gasteiger partial charge on any atom is 0.405 e. The molecule has 136 valence electrons. The Morgan fingerprint density at radius 2 is 1.88 bits per heavy atom. The van der Waals surface area contributed by atoms with Crippen LogP contribution in [0.4, 0.5) is 18.0 Å². The summed E-state index contributed by atoms with van der Waals surface area (Å²) < 4.78 is 36.4. The third-order valence-electron chi connectivity index (χ3n) is 3.83. The minimum Gasteiger partial charge on any atom is -0.345 e. The fourth-order valence-corrected chi connectivity index (χ4v) is 2.67. The van der Waals surface area contributed by atoms with Gasteiger partial charge in [0.05, 0.1) is 0 Å². The zero-order valence-corrected chi connectivity index (χ0v) is 13.9. The van der Waals surface area contributed by atoms with Crippen molar-refractivity contribution >= 4 is 29.4 Å². The second kappa shape index (κ2) is 6.91. The predicted octanol–water partition coefficient (Wildman–Crippen LogP) is 2.18. The van der Waals surface area contributed by atoms with E-state index in [4.69, 9.17) is 11.6 Å². The van der Waals surface area contributed by atoms with Crippen LogP contribution in [-0.2, 0) is 15.1 Å². The van der Waals surface area contributed by atoms with Gasteiger partial charge >= 0.3 is 12.2 Å². The number of hydrogen-bond acceptors (Lipinski definition) is 3. The highest BCUT2D eigenvalue weighted by Gasteiger charge is 2.51. The van der Waals surface area contributed by atoms with E-state index in [1.54, 1.807) is 36.5 Å². The van der Waals surface area contributed by atoms with Gasteiger partial charge in [-0.1, -0.05) is 30.7 Å². The highest BCUT2D eigenvalue weighted by molar-refractivity contribution is 6.30. The minimum atomic E-state index is -4.58. The molecule has 4 amide bonds. The average Bonchev–Trinajstić information content (AvgIpc) is 2.78. The van der Waals surface area contributed by atoms with Gasteiger partial charge in [-0.05, 0) is 24.1 Å². The molecule has 0 saturated carbocycles. The van der Waals surface area contributed by atoms with Gasteiger partial charge in [0.25, 0.3) is 5.91 Å². The van der Waals surface area contributed by atoms with Gasteiger partial charge in [-0.15, -0.1) is 0 Å². The first-order chi connectivity index (χ1) is 11.6. The lowest BCUT2D eigenvalue weighted by molar-refractivity contribution is -0.141. The van der Waals surface area contributed by atoms with Crippen molar-refractivity contribution < 1.29 is 27.6 Å². The Balaban J connectivity index is 2.17. The topological polar surface area (TPSA) is 78.5 Å². The van der Waals surface area contributed by atoms with Crippen LogP contribution in [0.3, 0.4) is 0 Å². The minimum absolute atomic E-state index is 0.194. The van der Waals surface area contributed by atoms with Crippen LogP contribution in [0.2, 0.25) is 5.02 Å². The summed E-state index contributed by atoms with van der Waals surface area (Å²) >= 11 is 5.81. The summed E-state index contributed by atoms with van der Waals surface area (Å²) in [6, 6.07) is 5.39. The van der Waals surface area contributed by atoms with Crippen molar-refractivity contribution in [1.82, 2.24) is 15.5 Å². The molecule has 0 spiro atoms. The highest BCUT2D eigenvalue weighted by Crippen LogP contribution is 2.33. The Kier molecular flexibility index (Phi) is 5.26. The van der Waals surface area contributed by atoms with E-state index in [-0.39, 0.29) is 6.42 Å². The molecular formula is C15H15ClF3N3O3. The standard InChI is InChI=1S/C15H15ClF3N3O3/c1-2-14(9-3-5-10(16)6-4-9)12(24)22(13(25)21-14)7-11(23)20-8-15(17,18)19/h3-6H,2,7-8H2,1H3,(H,20,23)(H,21,25)/t14-/m1/s1. The SMILES string of the molecule is CC[C@]1(c2ccc(Cl)cc2)NC(=O)N(CC(=O)NCC(F)(F)F)C1=O. The molecule has 1 atom stereocenters. The Morgan fingerprint density at radius 1 is 1.28 bits per heavy atom. The molecule has 1 aliphatic heterocycles.